The molecule has 35 heavy (non-hydrogen) atoms. The minimum absolute atomic E-state index is 0.0637. The number of nitrogens with zero attached hydrogens (tertiary/aromatic N) is 2. The van der Waals surface area contributed by atoms with Gasteiger partial charge in [-0.1, -0.05) is 54.9 Å². The molecule has 0 radical (unpaired) electrons. The van der Waals surface area contributed by atoms with E-state index in [1.54, 1.807) is 23.1 Å². The first-order valence-electron chi connectivity index (χ1n) is 11.8. The Balaban J connectivity index is 2.24. The molecule has 2 rings (SSSR count). The van der Waals surface area contributed by atoms with Crippen molar-refractivity contribution in [1.82, 2.24) is 10.2 Å². The van der Waals surface area contributed by atoms with Crippen LogP contribution in [0.3, 0.4) is 0 Å². The van der Waals surface area contributed by atoms with Crippen molar-refractivity contribution in [3.8, 4) is 0 Å². The van der Waals surface area contributed by atoms with Gasteiger partial charge in [0.1, 0.15) is 6.04 Å². The van der Waals surface area contributed by atoms with Crippen LogP contribution >= 0.6 is 11.6 Å². The number of anilines is 1. The summed E-state index contributed by atoms with van der Waals surface area (Å²) in [5.41, 5.74) is 2.18. The average Bonchev–Trinajstić information content (AvgIpc) is 2.77. The zero-order chi connectivity index (χ0) is 26.2. The van der Waals surface area contributed by atoms with Crippen LogP contribution < -0.4 is 9.62 Å². The first-order chi connectivity index (χ1) is 16.5. The van der Waals surface area contributed by atoms with Crippen LogP contribution in [0.15, 0.2) is 48.5 Å². The molecule has 2 amide bonds. The van der Waals surface area contributed by atoms with Crippen molar-refractivity contribution in [2.75, 3.05) is 17.1 Å². The van der Waals surface area contributed by atoms with Gasteiger partial charge in [0.2, 0.25) is 21.8 Å². The van der Waals surface area contributed by atoms with Gasteiger partial charge in [0.25, 0.3) is 0 Å². The molecule has 0 aliphatic heterocycles. The topological polar surface area (TPSA) is 86.8 Å². The van der Waals surface area contributed by atoms with Crippen molar-refractivity contribution < 1.29 is 18.0 Å². The second-order valence-corrected chi connectivity index (χ2v) is 11.2. The summed E-state index contributed by atoms with van der Waals surface area (Å²) in [6, 6.07) is 13.7. The molecule has 0 spiro atoms. The number of hydrogen-bond acceptors (Lipinski definition) is 4. The Hall–Kier alpha value is -2.58. The highest BCUT2D eigenvalue weighted by molar-refractivity contribution is 7.92. The number of nitrogens with one attached hydrogen (secondary N) is 1. The molecule has 0 unspecified atom stereocenters. The minimum atomic E-state index is -3.53. The second-order valence-electron chi connectivity index (χ2n) is 8.93. The normalized spacial score (nSPS) is 12.3. The number of benzene rings is 2. The monoisotopic (exact) mass is 521 g/mol. The summed E-state index contributed by atoms with van der Waals surface area (Å²) in [6.07, 6.45) is 2.00. The molecule has 0 aliphatic carbocycles. The van der Waals surface area contributed by atoms with Crippen molar-refractivity contribution >= 4 is 39.1 Å². The van der Waals surface area contributed by atoms with Crippen LogP contribution in [0.25, 0.3) is 0 Å². The number of rotatable bonds is 12. The van der Waals surface area contributed by atoms with Crippen LogP contribution in [-0.2, 0) is 26.2 Å². The first kappa shape index (κ1) is 28.7. The van der Waals surface area contributed by atoms with E-state index in [2.05, 4.69) is 5.32 Å². The quantitative estimate of drug-likeness (QED) is 0.444. The van der Waals surface area contributed by atoms with Gasteiger partial charge in [0.05, 0.1) is 11.9 Å². The van der Waals surface area contributed by atoms with Crippen molar-refractivity contribution in [1.29, 1.82) is 0 Å². The molecular formula is C26H36ClN3O4S. The Kier molecular flexibility index (Phi) is 10.6. The lowest BCUT2D eigenvalue weighted by Crippen LogP contribution is -2.50. The maximum absolute atomic E-state index is 13.4. The van der Waals surface area contributed by atoms with Crippen LogP contribution in [0.4, 0.5) is 5.69 Å². The molecule has 2 aromatic rings. The third-order valence-electron chi connectivity index (χ3n) is 5.65. The van der Waals surface area contributed by atoms with Crippen LogP contribution in [0.5, 0.6) is 0 Å². The van der Waals surface area contributed by atoms with E-state index in [0.29, 0.717) is 23.6 Å². The standard InChI is InChI=1S/C26H36ClN3O4S/c1-6-23(26(32)28-19(2)3)29(18-21-13-8-9-14-22(21)27)25(31)16-11-17-30(35(5,33)34)24-15-10-7-12-20(24)4/h7-10,12-15,19,23H,6,11,16-18H2,1-5H3,(H,28,32)/t23-/m0/s1. The molecule has 7 nitrogen and oxygen atoms in total. The molecule has 0 saturated heterocycles. The lowest BCUT2D eigenvalue weighted by atomic mass is 10.1. The predicted octanol–water partition coefficient (Wildman–Crippen LogP) is 4.53. The van der Waals surface area contributed by atoms with E-state index in [9.17, 15) is 18.0 Å². The summed E-state index contributed by atoms with van der Waals surface area (Å²) >= 11 is 6.35. The first-order valence-corrected chi connectivity index (χ1v) is 14.0. The molecule has 0 bridgehead atoms. The summed E-state index contributed by atoms with van der Waals surface area (Å²) in [6.45, 7) is 7.80. The Morgan fingerprint density at radius 2 is 1.69 bits per heavy atom. The molecule has 192 valence electrons. The van der Waals surface area contributed by atoms with E-state index < -0.39 is 16.1 Å². The highest BCUT2D eigenvalue weighted by Crippen LogP contribution is 2.24. The molecule has 1 atom stereocenters. The van der Waals surface area contributed by atoms with Crippen LogP contribution in [-0.4, -0.2) is 50.0 Å². The van der Waals surface area contributed by atoms with Crippen molar-refractivity contribution in [3.05, 3.63) is 64.7 Å². The second kappa shape index (κ2) is 12.9. The van der Waals surface area contributed by atoms with E-state index in [1.165, 1.54) is 4.31 Å². The Bertz CT molecular complexity index is 1120. The minimum Gasteiger partial charge on any atom is -0.352 e. The third kappa shape index (κ3) is 8.25. The highest BCUT2D eigenvalue weighted by Gasteiger charge is 2.29. The van der Waals surface area contributed by atoms with E-state index in [1.807, 2.05) is 58.0 Å². The molecular weight excluding hydrogens is 486 g/mol. The Labute approximate surface area is 214 Å². The lowest BCUT2D eigenvalue weighted by Gasteiger charge is -2.32. The number of amides is 2. The summed E-state index contributed by atoms with van der Waals surface area (Å²) in [5, 5.41) is 3.42. The zero-order valence-corrected chi connectivity index (χ0v) is 22.7. The third-order valence-corrected chi connectivity index (χ3v) is 7.20. The molecule has 9 heteroatoms. The molecule has 2 aromatic carbocycles. The Morgan fingerprint density at radius 3 is 2.26 bits per heavy atom. The average molecular weight is 522 g/mol. The molecule has 0 aromatic heterocycles. The summed E-state index contributed by atoms with van der Waals surface area (Å²) < 4.78 is 26.3. The van der Waals surface area contributed by atoms with E-state index >= 15 is 0 Å². The maximum Gasteiger partial charge on any atom is 0.243 e. The lowest BCUT2D eigenvalue weighted by molar-refractivity contribution is -0.141. The van der Waals surface area contributed by atoms with Crippen LogP contribution in [0.2, 0.25) is 5.02 Å². The van der Waals surface area contributed by atoms with E-state index in [-0.39, 0.29) is 37.4 Å². The smallest absolute Gasteiger partial charge is 0.243 e. The van der Waals surface area contributed by atoms with Gasteiger partial charge in [0.15, 0.2) is 0 Å². The number of para-hydroxylation sites is 1. The van der Waals surface area contributed by atoms with E-state index in [0.717, 1.165) is 17.4 Å². The van der Waals surface area contributed by atoms with Crippen molar-refractivity contribution in [2.45, 2.75) is 65.6 Å². The van der Waals surface area contributed by atoms with Gasteiger partial charge in [-0.25, -0.2) is 8.42 Å². The summed E-state index contributed by atoms with van der Waals surface area (Å²) in [4.78, 5) is 27.9. The van der Waals surface area contributed by atoms with Gasteiger partial charge in [0, 0.05) is 30.6 Å². The molecule has 0 heterocycles. The fourth-order valence-corrected chi connectivity index (χ4v) is 5.15. The van der Waals surface area contributed by atoms with Crippen molar-refractivity contribution in [2.24, 2.45) is 0 Å². The highest BCUT2D eigenvalue weighted by atomic mass is 35.5. The van der Waals surface area contributed by atoms with Gasteiger partial charge in [-0.15, -0.1) is 0 Å². The van der Waals surface area contributed by atoms with Crippen LogP contribution in [0, 0.1) is 6.92 Å². The number of sulfonamides is 1. The molecule has 1 N–H and O–H groups in total. The van der Waals surface area contributed by atoms with Gasteiger partial charge in [-0.05, 0) is 56.9 Å². The Morgan fingerprint density at radius 1 is 1.06 bits per heavy atom. The van der Waals surface area contributed by atoms with Gasteiger partial charge in [-0.3, -0.25) is 13.9 Å². The number of carbonyl (C=O) groups is 2. The van der Waals surface area contributed by atoms with Crippen molar-refractivity contribution in [3.63, 3.8) is 0 Å². The number of aryl methyl sites for hydroxylation is 1. The van der Waals surface area contributed by atoms with Gasteiger partial charge >= 0.3 is 0 Å². The predicted molar refractivity (Wildman–Crippen MR) is 142 cm³/mol. The fraction of sp³-hybridized carbons (Fsp3) is 0.462. The number of carbonyl (C=O) groups excluding carboxylic acids is 2. The van der Waals surface area contributed by atoms with Crippen LogP contribution in [0.1, 0.15) is 51.2 Å². The fourth-order valence-electron chi connectivity index (χ4n) is 3.94. The van der Waals surface area contributed by atoms with Gasteiger partial charge in [-0.2, -0.15) is 0 Å². The molecule has 0 fully saturated rings. The van der Waals surface area contributed by atoms with E-state index in [4.69, 9.17) is 11.6 Å². The SMILES string of the molecule is CC[C@@H](C(=O)NC(C)C)N(Cc1ccccc1Cl)C(=O)CCCN(c1ccccc1C)S(C)(=O)=O. The summed E-state index contributed by atoms with van der Waals surface area (Å²) in [7, 11) is -3.53. The number of halogens is 1. The largest absolute Gasteiger partial charge is 0.352 e. The van der Waals surface area contributed by atoms with Gasteiger partial charge < -0.3 is 10.2 Å². The zero-order valence-electron chi connectivity index (χ0n) is 21.1. The summed E-state index contributed by atoms with van der Waals surface area (Å²) in [5.74, 6) is -0.450. The molecule has 0 aliphatic rings. The molecule has 0 saturated carbocycles. The maximum atomic E-state index is 13.4. The number of hydrogen-bond donors (Lipinski definition) is 1.